The highest BCUT2D eigenvalue weighted by molar-refractivity contribution is 7.99. The lowest BCUT2D eigenvalue weighted by Gasteiger charge is -2.39. The molecule has 1 aromatic rings. The number of thioether (sulfide) groups is 1. The fourth-order valence-electron chi connectivity index (χ4n) is 2.74. The second-order valence-electron chi connectivity index (χ2n) is 6.43. The second-order valence-corrected chi connectivity index (χ2v) is 7.60. The highest BCUT2D eigenvalue weighted by atomic mass is 32.2. The Kier molecular flexibility index (Phi) is 7.47. The first-order valence-electron chi connectivity index (χ1n) is 8.71. The van der Waals surface area contributed by atoms with E-state index < -0.39 is 5.54 Å². The van der Waals surface area contributed by atoms with Gasteiger partial charge in [-0.15, -0.1) is 11.8 Å². The van der Waals surface area contributed by atoms with Gasteiger partial charge in [0.25, 0.3) is 0 Å². The molecule has 6 heteroatoms. The van der Waals surface area contributed by atoms with Crippen LogP contribution in [-0.4, -0.2) is 60.9 Å². The number of ketones is 1. The minimum Gasteiger partial charge on any atom is -0.465 e. The number of benzene rings is 1. The number of carbonyl (C=O) groups excluding carboxylic acids is 2. The smallest absolute Gasteiger partial charge is 0.305 e. The zero-order valence-electron chi connectivity index (χ0n) is 15.2. The SMILES string of the molecule is CCC(=O)OCCSc1ccc(C(=O)C(C)(C)N2CCOCC2)cc1. The van der Waals surface area contributed by atoms with Crippen molar-refractivity contribution >= 4 is 23.5 Å². The number of esters is 1. The molecular formula is C19H27NO4S. The van der Waals surface area contributed by atoms with Gasteiger partial charge in [0.1, 0.15) is 6.61 Å². The number of carbonyl (C=O) groups is 2. The van der Waals surface area contributed by atoms with E-state index in [-0.39, 0.29) is 11.8 Å². The van der Waals surface area contributed by atoms with Crippen molar-refractivity contribution in [3.05, 3.63) is 29.8 Å². The number of Topliss-reactive ketones (excluding diaryl/α,β-unsaturated/α-hetero) is 1. The number of hydrogen-bond donors (Lipinski definition) is 0. The Balaban J connectivity index is 1.89. The fourth-order valence-corrected chi connectivity index (χ4v) is 3.47. The summed E-state index contributed by atoms with van der Waals surface area (Å²) < 4.78 is 10.4. The molecule has 0 radical (unpaired) electrons. The number of rotatable bonds is 8. The minimum absolute atomic E-state index is 0.128. The molecule has 0 aliphatic carbocycles. The molecule has 1 aromatic carbocycles. The molecular weight excluding hydrogens is 338 g/mol. The van der Waals surface area contributed by atoms with Crippen LogP contribution in [0.15, 0.2) is 29.2 Å². The van der Waals surface area contributed by atoms with Crippen molar-refractivity contribution in [3.8, 4) is 0 Å². The number of morpholine rings is 1. The third-order valence-electron chi connectivity index (χ3n) is 4.38. The van der Waals surface area contributed by atoms with Crippen molar-refractivity contribution in [2.75, 3.05) is 38.7 Å². The van der Waals surface area contributed by atoms with Crippen LogP contribution in [0, 0.1) is 0 Å². The van der Waals surface area contributed by atoms with Crippen LogP contribution >= 0.6 is 11.8 Å². The Bertz CT molecular complexity index is 580. The summed E-state index contributed by atoms with van der Waals surface area (Å²) in [7, 11) is 0. The molecule has 1 fully saturated rings. The predicted octanol–water partition coefficient (Wildman–Crippen LogP) is 3.03. The van der Waals surface area contributed by atoms with Crippen molar-refractivity contribution in [1.29, 1.82) is 0 Å². The van der Waals surface area contributed by atoms with E-state index in [1.54, 1.807) is 18.7 Å². The maximum atomic E-state index is 12.9. The lowest BCUT2D eigenvalue weighted by molar-refractivity contribution is -0.142. The van der Waals surface area contributed by atoms with E-state index in [1.165, 1.54) is 0 Å². The van der Waals surface area contributed by atoms with Crippen molar-refractivity contribution in [2.45, 2.75) is 37.6 Å². The average molecular weight is 365 g/mol. The van der Waals surface area contributed by atoms with E-state index >= 15 is 0 Å². The Morgan fingerprint density at radius 3 is 2.44 bits per heavy atom. The molecule has 0 aromatic heterocycles. The predicted molar refractivity (Wildman–Crippen MR) is 99.2 cm³/mol. The van der Waals surface area contributed by atoms with Crippen LogP contribution in [-0.2, 0) is 14.3 Å². The molecule has 0 N–H and O–H groups in total. The summed E-state index contributed by atoms with van der Waals surface area (Å²) in [5.41, 5.74) is 0.186. The van der Waals surface area contributed by atoms with Crippen molar-refractivity contribution in [1.82, 2.24) is 4.90 Å². The highest BCUT2D eigenvalue weighted by Crippen LogP contribution is 2.24. The van der Waals surface area contributed by atoms with Crippen LogP contribution in [0.5, 0.6) is 0 Å². The molecule has 1 aliphatic heterocycles. The van der Waals surface area contributed by atoms with Crippen LogP contribution in [0.4, 0.5) is 0 Å². The molecule has 0 bridgehead atoms. The third-order valence-corrected chi connectivity index (χ3v) is 5.35. The molecule has 25 heavy (non-hydrogen) atoms. The van der Waals surface area contributed by atoms with Gasteiger partial charge in [0.2, 0.25) is 0 Å². The zero-order valence-corrected chi connectivity index (χ0v) is 16.1. The molecule has 0 spiro atoms. The van der Waals surface area contributed by atoms with Crippen molar-refractivity contribution in [3.63, 3.8) is 0 Å². The third kappa shape index (κ3) is 5.56. The zero-order chi connectivity index (χ0) is 18.3. The Labute approximate surface area is 154 Å². The first-order chi connectivity index (χ1) is 11.9. The normalized spacial score (nSPS) is 15.8. The molecule has 1 aliphatic rings. The largest absolute Gasteiger partial charge is 0.465 e. The number of ether oxygens (including phenoxy) is 2. The van der Waals surface area contributed by atoms with Crippen LogP contribution in [0.3, 0.4) is 0 Å². The molecule has 2 rings (SSSR count). The van der Waals surface area contributed by atoms with E-state index in [2.05, 4.69) is 4.90 Å². The van der Waals surface area contributed by atoms with E-state index in [0.29, 0.717) is 32.0 Å². The summed E-state index contributed by atoms with van der Waals surface area (Å²) in [4.78, 5) is 27.2. The van der Waals surface area contributed by atoms with Gasteiger partial charge in [0.05, 0.1) is 18.8 Å². The lowest BCUT2D eigenvalue weighted by atomic mass is 9.91. The van der Waals surface area contributed by atoms with Crippen LogP contribution in [0.25, 0.3) is 0 Å². The molecule has 0 unspecified atom stereocenters. The minimum atomic E-state index is -0.535. The van der Waals surface area contributed by atoms with Crippen molar-refractivity contribution < 1.29 is 19.1 Å². The molecule has 0 saturated carbocycles. The Hall–Kier alpha value is -1.37. The topological polar surface area (TPSA) is 55.8 Å². The standard InChI is InChI=1S/C19H27NO4S/c1-4-17(21)24-13-14-25-16-7-5-15(6-8-16)18(22)19(2,3)20-9-11-23-12-10-20/h5-8H,4,9-14H2,1-3H3. The first kappa shape index (κ1) is 19.9. The van der Waals surface area contributed by atoms with Gasteiger partial charge in [-0.05, 0) is 26.0 Å². The van der Waals surface area contributed by atoms with E-state index in [9.17, 15) is 9.59 Å². The maximum absolute atomic E-state index is 12.9. The Morgan fingerprint density at radius 1 is 1.20 bits per heavy atom. The molecule has 0 amide bonds. The quantitative estimate of drug-likeness (QED) is 0.305. The lowest BCUT2D eigenvalue weighted by Crippen LogP contribution is -2.54. The monoisotopic (exact) mass is 365 g/mol. The van der Waals surface area contributed by atoms with Gasteiger partial charge in [0, 0.05) is 35.7 Å². The summed E-state index contributed by atoms with van der Waals surface area (Å²) in [6.45, 7) is 9.05. The summed E-state index contributed by atoms with van der Waals surface area (Å²) in [6.07, 6.45) is 0.403. The van der Waals surface area contributed by atoms with Gasteiger partial charge >= 0.3 is 5.97 Å². The average Bonchev–Trinajstić information content (AvgIpc) is 2.65. The summed E-state index contributed by atoms with van der Waals surface area (Å²) in [5, 5.41) is 0. The van der Waals surface area contributed by atoms with Gasteiger partial charge in [-0.3, -0.25) is 14.5 Å². The summed E-state index contributed by atoms with van der Waals surface area (Å²) >= 11 is 1.61. The molecule has 138 valence electrons. The molecule has 1 heterocycles. The van der Waals surface area contributed by atoms with Crippen LogP contribution in [0.2, 0.25) is 0 Å². The molecule has 0 atom stereocenters. The molecule has 5 nitrogen and oxygen atoms in total. The van der Waals surface area contributed by atoms with E-state index in [0.717, 1.165) is 23.5 Å². The fraction of sp³-hybridized carbons (Fsp3) is 0.579. The van der Waals surface area contributed by atoms with E-state index in [1.807, 2.05) is 38.1 Å². The van der Waals surface area contributed by atoms with Gasteiger partial charge < -0.3 is 9.47 Å². The van der Waals surface area contributed by atoms with E-state index in [4.69, 9.17) is 9.47 Å². The van der Waals surface area contributed by atoms with Gasteiger partial charge in [-0.1, -0.05) is 19.1 Å². The van der Waals surface area contributed by atoms with Gasteiger partial charge in [0.15, 0.2) is 5.78 Å². The summed E-state index contributed by atoms with van der Waals surface area (Å²) in [6, 6.07) is 7.67. The maximum Gasteiger partial charge on any atom is 0.305 e. The van der Waals surface area contributed by atoms with Crippen LogP contribution < -0.4 is 0 Å². The first-order valence-corrected chi connectivity index (χ1v) is 9.69. The summed E-state index contributed by atoms with van der Waals surface area (Å²) in [5.74, 6) is 0.660. The molecule has 1 saturated heterocycles. The Morgan fingerprint density at radius 2 is 1.84 bits per heavy atom. The van der Waals surface area contributed by atoms with Crippen LogP contribution in [0.1, 0.15) is 37.6 Å². The number of hydrogen-bond acceptors (Lipinski definition) is 6. The highest BCUT2D eigenvalue weighted by Gasteiger charge is 2.35. The second kappa shape index (κ2) is 9.36. The van der Waals surface area contributed by atoms with Gasteiger partial charge in [-0.2, -0.15) is 0 Å². The van der Waals surface area contributed by atoms with Gasteiger partial charge in [-0.25, -0.2) is 0 Å². The van der Waals surface area contributed by atoms with Crippen molar-refractivity contribution in [2.24, 2.45) is 0 Å². The number of nitrogens with zero attached hydrogens (tertiary/aromatic N) is 1.